The van der Waals surface area contributed by atoms with Crippen molar-refractivity contribution in [2.75, 3.05) is 13.2 Å². The van der Waals surface area contributed by atoms with Gasteiger partial charge < -0.3 is 14.6 Å². The molecule has 2 unspecified atom stereocenters. The molecule has 1 amide bonds. The van der Waals surface area contributed by atoms with Gasteiger partial charge in [0, 0.05) is 13.0 Å². The minimum atomic E-state index is -1.99. The summed E-state index contributed by atoms with van der Waals surface area (Å²) in [4.78, 5) is 43.7. The number of cyclic esters (lactones) is 1. The predicted molar refractivity (Wildman–Crippen MR) is 107 cm³/mol. The third-order valence-corrected chi connectivity index (χ3v) is 5.46. The minimum Gasteiger partial charge on any atom is -0.448 e. The van der Waals surface area contributed by atoms with E-state index in [2.05, 4.69) is 0 Å². The van der Waals surface area contributed by atoms with Gasteiger partial charge in [0.1, 0.15) is 0 Å². The fraction of sp³-hybridized carbons (Fsp3) is 0.348. The highest BCUT2D eigenvalue weighted by Gasteiger charge is 2.60. The first kappa shape index (κ1) is 21.0. The number of hydrogen-bond acceptors (Lipinski definition) is 7. The SMILES string of the molecule is O=C1CCC(C(=O)OC(c2ccccc2)c2ccccc2)(N2OCC(CCO)C2=O)O1. The largest absolute Gasteiger partial charge is 0.448 e. The van der Waals surface area contributed by atoms with Crippen LogP contribution in [0.5, 0.6) is 0 Å². The standard InChI is InChI=1S/C23H23NO7/c25-14-12-18-15-29-24(21(18)27)23(13-11-19(26)31-23)22(28)30-20(16-7-3-1-4-8-16)17-9-5-2-6-10-17/h1-10,18,20,25H,11-15H2. The van der Waals surface area contributed by atoms with Crippen LogP contribution in [0.2, 0.25) is 0 Å². The molecule has 162 valence electrons. The van der Waals surface area contributed by atoms with Crippen molar-refractivity contribution in [2.24, 2.45) is 5.92 Å². The fourth-order valence-electron chi connectivity index (χ4n) is 3.82. The van der Waals surface area contributed by atoms with Crippen molar-refractivity contribution in [2.45, 2.75) is 31.1 Å². The van der Waals surface area contributed by atoms with Crippen molar-refractivity contribution < 1.29 is 33.8 Å². The fourth-order valence-corrected chi connectivity index (χ4v) is 3.82. The highest BCUT2D eigenvalue weighted by atomic mass is 16.8. The number of aliphatic hydroxyl groups excluding tert-OH is 1. The molecule has 0 spiro atoms. The Bertz CT molecular complexity index is 909. The van der Waals surface area contributed by atoms with E-state index in [1.807, 2.05) is 60.7 Å². The number of nitrogens with zero attached hydrogens (tertiary/aromatic N) is 1. The number of carbonyl (C=O) groups is 3. The summed E-state index contributed by atoms with van der Waals surface area (Å²) < 4.78 is 11.2. The molecule has 2 aromatic carbocycles. The minimum absolute atomic E-state index is 0.00717. The molecular formula is C23H23NO7. The molecule has 2 aliphatic rings. The Labute approximate surface area is 179 Å². The van der Waals surface area contributed by atoms with Gasteiger partial charge in [0.2, 0.25) is 0 Å². The van der Waals surface area contributed by atoms with Crippen molar-refractivity contribution in [3.05, 3.63) is 71.8 Å². The molecule has 2 atom stereocenters. The third kappa shape index (κ3) is 4.04. The monoisotopic (exact) mass is 425 g/mol. The molecule has 2 aliphatic heterocycles. The normalized spacial score (nSPS) is 23.3. The number of hydroxylamine groups is 2. The molecule has 0 bridgehead atoms. The zero-order valence-corrected chi connectivity index (χ0v) is 16.8. The first-order valence-electron chi connectivity index (χ1n) is 10.2. The van der Waals surface area contributed by atoms with Crippen molar-refractivity contribution >= 4 is 17.8 Å². The Kier molecular flexibility index (Phi) is 6.01. The van der Waals surface area contributed by atoms with E-state index >= 15 is 0 Å². The second-order valence-corrected chi connectivity index (χ2v) is 7.50. The summed E-state index contributed by atoms with van der Waals surface area (Å²) in [7, 11) is 0. The lowest BCUT2D eigenvalue weighted by molar-refractivity contribution is -0.260. The molecular weight excluding hydrogens is 402 g/mol. The maximum Gasteiger partial charge on any atom is 0.376 e. The van der Waals surface area contributed by atoms with Crippen LogP contribution >= 0.6 is 0 Å². The number of ether oxygens (including phenoxy) is 2. The van der Waals surface area contributed by atoms with Crippen molar-refractivity contribution in [3.8, 4) is 0 Å². The molecule has 31 heavy (non-hydrogen) atoms. The maximum absolute atomic E-state index is 13.4. The lowest BCUT2D eigenvalue weighted by Gasteiger charge is -2.34. The molecule has 4 rings (SSSR count). The van der Waals surface area contributed by atoms with Crippen LogP contribution < -0.4 is 0 Å². The van der Waals surface area contributed by atoms with Gasteiger partial charge in [0.15, 0.2) is 6.10 Å². The van der Waals surface area contributed by atoms with E-state index in [9.17, 15) is 19.5 Å². The van der Waals surface area contributed by atoms with Crippen LogP contribution in [0.4, 0.5) is 0 Å². The van der Waals surface area contributed by atoms with Gasteiger partial charge >= 0.3 is 17.7 Å². The highest BCUT2D eigenvalue weighted by molar-refractivity contribution is 5.92. The number of aliphatic hydroxyl groups is 1. The molecule has 0 aliphatic carbocycles. The van der Waals surface area contributed by atoms with Crippen LogP contribution in [0, 0.1) is 5.92 Å². The maximum atomic E-state index is 13.4. The number of amides is 1. The van der Waals surface area contributed by atoms with Gasteiger partial charge in [-0.2, -0.15) is 5.06 Å². The second kappa shape index (κ2) is 8.87. The molecule has 2 heterocycles. The van der Waals surface area contributed by atoms with Gasteiger partial charge in [-0.15, -0.1) is 0 Å². The van der Waals surface area contributed by atoms with Crippen LogP contribution in [-0.4, -0.2) is 47.0 Å². The summed E-state index contributed by atoms with van der Waals surface area (Å²) in [6, 6.07) is 18.3. The van der Waals surface area contributed by atoms with Crippen molar-refractivity contribution in [1.82, 2.24) is 5.06 Å². The molecule has 2 aromatic rings. The van der Waals surface area contributed by atoms with Gasteiger partial charge in [0.25, 0.3) is 5.91 Å². The molecule has 0 saturated carbocycles. The summed E-state index contributed by atoms with van der Waals surface area (Å²) in [5.41, 5.74) is -0.526. The van der Waals surface area contributed by atoms with Gasteiger partial charge in [0.05, 0.1) is 18.9 Å². The summed E-state index contributed by atoms with van der Waals surface area (Å²) in [5.74, 6) is -2.63. The Morgan fingerprint density at radius 1 is 1.10 bits per heavy atom. The first-order valence-corrected chi connectivity index (χ1v) is 10.2. The average Bonchev–Trinajstić information content (AvgIpc) is 3.37. The topological polar surface area (TPSA) is 102 Å². The number of esters is 2. The summed E-state index contributed by atoms with van der Waals surface area (Å²) in [6.45, 7) is -0.207. The zero-order valence-electron chi connectivity index (χ0n) is 16.8. The zero-order chi connectivity index (χ0) is 21.8. The number of hydrogen-bond donors (Lipinski definition) is 1. The smallest absolute Gasteiger partial charge is 0.376 e. The quantitative estimate of drug-likeness (QED) is 0.678. The lowest BCUT2D eigenvalue weighted by atomic mass is 10.0. The molecule has 0 aromatic heterocycles. The van der Waals surface area contributed by atoms with Crippen molar-refractivity contribution in [3.63, 3.8) is 0 Å². The predicted octanol–water partition coefficient (Wildman–Crippen LogP) is 2.12. The number of carbonyl (C=O) groups excluding carboxylic acids is 3. The second-order valence-electron chi connectivity index (χ2n) is 7.50. The lowest BCUT2D eigenvalue weighted by Crippen LogP contribution is -2.56. The van der Waals surface area contributed by atoms with Gasteiger partial charge in [-0.1, -0.05) is 60.7 Å². The van der Waals surface area contributed by atoms with Crippen LogP contribution in [0.3, 0.4) is 0 Å². The molecule has 1 N–H and O–H groups in total. The van der Waals surface area contributed by atoms with E-state index < -0.39 is 35.6 Å². The summed E-state index contributed by atoms with van der Waals surface area (Å²) in [6.07, 6.45) is -0.699. The summed E-state index contributed by atoms with van der Waals surface area (Å²) in [5, 5.41) is 10.0. The molecule has 2 fully saturated rings. The molecule has 8 nitrogen and oxygen atoms in total. The Morgan fingerprint density at radius 3 is 2.23 bits per heavy atom. The third-order valence-electron chi connectivity index (χ3n) is 5.46. The first-order chi connectivity index (χ1) is 15.0. The summed E-state index contributed by atoms with van der Waals surface area (Å²) >= 11 is 0. The van der Waals surface area contributed by atoms with E-state index in [0.29, 0.717) is 0 Å². The van der Waals surface area contributed by atoms with Crippen LogP contribution in [0.25, 0.3) is 0 Å². The Hall–Kier alpha value is -3.23. The van der Waals surface area contributed by atoms with Crippen LogP contribution in [0.15, 0.2) is 60.7 Å². The van der Waals surface area contributed by atoms with Crippen molar-refractivity contribution in [1.29, 1.82) is 0 Å². The molecule has 2 saturated heterocycles. The van der Waals surface area contributed by atoms with Crippen LogP contribution in [0.1, 0.15) is 36.5 Å². The van der Waals surface area contributed by atoms with Crippen LogP contribution in [-0.2, 0) is 28.7 Å². The number of rotatable bonds is 7. The van der Waals surface area contributed by atoms with E-state index in [1.165, 1.54) is 0 Å². The number of benzene rings is 2. The Morgan fingerprint density at radius 2 is 1.71 bits per heavy atom. The Balaban J connectivity index is 1.66. The van der Waals surface area contributed by atoms with Gasteiger partial charge in [-0.3, -0.25) is 14.4 Å². The molecule has 0 radical (unpaired) electrons. The molecule has 8 heteroatoms. The van der Waals surface area contributed by atoms with E-state index in [-0.39, 0.29) is 32.5 Å². The highest BCUT2D eigenvalue weighted by Crippen LogP contribution is 2.38. The van der Waals surface area contributed by atoms with Gasteiger partial charge in [-0.05, 0) is 17.5 Å². The van der Waals surface area contributed by atoms with E-state index in [0.717, 1.165) is 16.2 Å². The van der Waals surface area contributed by atoms with Gasteiger partial charge in [-0.25, -0.2) is 4.79 Å². The average molecular weight is 425 g/mol. The van der Waals surface area contributed by atoms with E-state index in [4.69, 9.17) is 14.3 Å². The van der Waals surface area contributed by atoms with E-state index in [1.54, 1.807) is 0 Å².